The summed E-state index contributed by atoms with van der Waals surface area (Å²) < 4.78 is 32.7. The Hall–Kier alpha value is -3.32. The number of anilines is 2. The van der Waals surface area contributed by atoms with E-state index in [0.29, 0.717) is 23.5 Å². The van der Waals surface area contributed by atoms with Gasteiger partial charge in [0, 0.05) is 24.8 Å². The lowest BCUT2D eigenvalue weighted by Gasteiger charge is -2.29. The van der Waals surface area contributed by atoms with Crippen LogP contribution in [0.3, 0.4) is 0 Å². The standard InChI is InChI=1S/C24H24N2O4S/c1-25(20-12-14-21(30-2)15-13-20)31(28,29)22-10-5-8-19(17-22)24(27)26-16-6-9-18-7-3-4-11-23(18)26/h3-5,7-8,10-15,17H,6,9,16H2,1-2H3. The van der Waals surface area contributed by atoms with Gasteiger partial charge in [-0.2, -0.15) is 0 Å². The van der Waals surface area contributed by atoms with Crippen LogP contribution in [-0.4, -0.2) is 35.0 Å². The highest BCUT2D eigenvalue weighted by Gasteiger charge is 2.26. The lowest BCUT2D eigenvalue weighted by atomic mass is 10.0. The number of hydrogen-bond acceptors (Lipinski definition) is 4. The number of para-hydroxylation sites is 1. The van der Waals surface area contributed by atoms with Gasteiger partial charge in [-0.3, -0.25) is 9.10 Å². The van der Waals surface area contributed by atoms with E-state index in [1.165, 1.54) is 23.5 Å². The minimum Gasteiger partial charge on any atom is -0.497 e. The summed E-state index contributed by atoms with van der Waals surface area (Å²) in [6.45, 7) is 0.610. The smallest absolute Gasteiger partial charge is 0.264 e. The maximum Gasteiger partial charge on any atom is 0.264 e. The van der Waals surface area contributed by atoms with E-state index in [1.807, 2.05) is 24.3 Å². The van der Waals surface area contributed by atoms with Crippen molar-refractivity contribution < 1.29 is 17.9 Å². The molecular formula is C24H24N2O4S. The number of hydrogen-bond donors (Lipinski definition) is 0. The van der Waals surface area contributed by atoms with Crippen molar-refractivity contribution in [3.63, 3.8) is 0 Å². The molecule has 1 aliphatic rings. The molecule has 0 aromatic heterocycles. The van der Waals surface area contributed by atoms with Crippen molar-refractivity contribution in [2.24, 2.45) is 0 Å². The minimum absolute atomic E-state index is 0.0713. The molecule has 0 unspecified atom stereocenters. The molecule has 31 heavy (non-hydrogen) atoms. The van der Waals surface area contributed by atoms with Crippen molar-refractivity contribution in [2.75, 3.05) is 29.9 Å². The number of carbonyl (C=O) groups is 1. The van der Waals surface area contributed by atoms with E-state index in [9.17, 15) is 13.2 Å². The molecule has 0 bridgehead atoms. The van der Waals surface area contributed by atoms with E-state index in [0.717, 1.165) is 24.1 Å². The summed E-state index contributed by atoms with van der Waals surface area (Å²) in [6, 6.07) is 20.8. The van der Waals surface area contributed by atoms with Crippen molar-refractivity contribution in [1.82, 2.24) is 0 Å². The number of aryl methyl sites for hydroxylation is 1. The molecule has 0 fully saturated rings. The van der Waals surface area contributed by atoms with Crippen molar-refractivity contribution in [2.45, 2.75) is 17.7 Å². The normalized spacial score (nSPS) is 13.4. The second kappa shape index (κ2) is 8.43. The summed E-state index contributed by atoms with van der Waals surface area (Å²) in [7, 11) is -0.790. The van der Waals surface area contributed by atoms with E-state index < -0.39 is 10.0 Å². The maximum absolute atomic E-state index is 13.3. The minimum atomic E-state index is -3.84. The molecule has 6 nitrogen and oxygen atoms in total. The number of amides is 1. The number of carbonyl (C=O) groups excluding carboxylic acids is 1. The SMILES string of the molecule is COc1ccc(N(C)S(=O)(=O)c2cccc(C(=O)N3CCCc4ccccc43)c2)cc1. The zero-order chi connectivity index (χ0) is 22.0. The van der Waals surface area contributed by atoms with Crippen LogP contribution < -0.4 is 13.9 Å². The molecule has 1 amide bonds. The van der Waals surface area contributed by atoms with Gasteiger partial charge < -0.3 is 9.64 Å². The largest absolute Gasteiger partial charge is 0.497 e. The van der Waals surface area contributed by atoms with Crippen LogP contribution in [0.25, 0.3) is 0 Å². The highest BCUT2D eigenvalue weighted by atomic mass is 32.2. The number of nitrogens with zero attached hydrogens (tertiary/aromatic N) is 2. The molecule has 0 atom stereocenters. The second-order valence-electron chi connectivity index (χ2n) is 7.39. The van der Waals surface area contributed by atoms with Gasteiger partial charge in [0.2, 0.25) is 0 Å². The molecule has 3 aromatic rings. The highest BCUT2D eigenvalue weighted by molar-refractivity contribution is 7.92. The number of rotatable bonds is 5. The Balaban J connectivity index is 1.64. The molecule has 1 aliphatic heterocycles. The van der Waals surface area contributed by atoms with E-state index >= 15 is 0 Å². The molecule has 3 aromatic carbocycles. The van der Waals surface area contributed by atoms with Crippen LogP contribution in [0.4, 0.5) is 11.4 Å². The Labute approximate surface area is 182 Å². The summed E-state index contributed by atoms with van der Waals surface area (Å²) in [5.41, 5.74) is 2.87. The van der Waals surface area contributed by atoms with Crippen LogP contribution in [0.1, 0.15) is 22.3 Å². The molecular weight excluding hydrogens is 412 g/mol. The second-order valence-corrected chi connectivity index (χ2v) is 9.36. The van der Waals surface area contributed by atoms with Gasteiger partial charge in [-0.1, -0.05) is 24.3 Å². The number of ether oxygens (including phenoxy) is 1. The maximum atomic E-state index is 13.3. The Morgan fingerprint density at radius 2 is 1.74 bits per heavy atom. The first-order valence-corrected chi connectivity index (χ1v) is 11.5. The van der Waals surface area contributed by atoms with Gasteiger partial charge in [-0.25, -0.2) is 8.42 Å². The van der Waals surface area contributed by atoms with Gasteiger partial charge in [0.1, 0.15) is 5.75 Å². The Morgan fingerprint density at radius 1 is 1.00 bits per heavy atom. The van der Waals surface area contributed by atoms with E-state index in [4.69, 9.17) is 4.74 Å². The van der Waals surface area contributed by atoms with Crippen LogP contribution >= 0.6 is 0 Å². The molecule has 160 valence electrons. The Kier molecular flexibility index (Phi) is 5.69. The quantitative estimate of drug-likeness (QED) is 0.604. The average Bonchev–Trinajstić information content (AvgIpc) is 2.83. The fourth-order valence-corrected chi connectivity index (χ4v) is 5.02. The fraction of sp³-hybridized carbons (Fsp3) is 0.208. The van der Waals surface area contributed by atoms with Crippen LogP contribution in [0.15, 0.2) is 77.7 Å². The molecule has 0 N–H and O–H groups in total. The zero-order valence-corrected chi connectivity index (χ0v) is 18.3. The molecule has 1 heterocycles. The number of benzene rings is 3. The number of sulfonamides is 1. The van der Waals surface area contributed by atoms with Crippen molar-refractivity contribution in [3.8, 4) is 5.75 Å². The molecule has 0 saturated carbocycles. The first-order valence-electron chi connectivity index (χ1n) is 10.0. The summed E-state index contributed by atoms with van der Waals surface area (Å²) in [5.74, 6) is 0.445. The van der Waals surface area contributed by atoms with Crippen LogP contribution in [0.2, 0.25) is 0 Å². The zero-order valence-electron chi connectivity index (χ0n) is 17.5. The molecule has 0 spiro atoms. The topological polar surface area (TPSA) is 66.9 Å². The summed E-state index contributed by atoms with van der Waals surface area (Å²) in [6.07, 6.45) is 1.81. The predicted octanol–water partition coefficient (Wildman–Crippen LogP) is 4.11. The fourth-order valence-electron chi connectivity index (χ4n) is 3.78. The van der Waals surface area contributed by atoms with Gasteiger partial charge in [0.25, 0.3) is 15.9 Å². The molecule has 0 saturated heterocycles. The molecule has 0 aliphatic carbocycles. The third-order valence-electron chi connectivity index (χ3n) is 5.53. The molecule has 0 radical (unpaired) electrons. The van der Waals surface area contributed by atoms with Crippen molar-refractivity contribution >= 4 is 27.3 Å². The van der Waals surface area contributed by atoms with Crippen LogP contribution in [0, 0.1) is 0 Å². The predicted molar refractivity (Wildman–Crippen MR) is 121 cm³/mol. The van der Waals surface area contributed by atoms with E-state index in [-0.39, 0.29) is 10.8 Å². The van der Waals surface area contributed by atoms with Gasteiger partial charge in [-0.05, 0) is 66.9 Å². The van der Waals surface area contributed by atoms with Gasteiger partial charge in [0.05, 0.1) is 17.7 Å². The van der Waals surface area contributed by atoms with E-state index in [1.54, 1.807) is 48.4 Å². The number of fused-ring (bicyclic) bond motifs is 1. The third kappa shape index (κ3) is 4.01. The van der Waals surface area contributed by atoms with Gasteiger partial charge in [-0.15, -0.1) is 0 Å². The number of methoxy groups -OCH3 is 1. The van der Waals surface area contributed by atoms with Crippen LogP contribution in [0.5, 0.6) is 5.75 Å². The highest BCUT2D eigenvalue weighted by Crippen LogP contribution is 2.29. The third-order valence-corrected chi connectivity index (χ3v) is 7.31. The molecule has 4 rings (SSSR count). The summed E-state index contributed by atoms with van der Waals surface area (Å²) in [4.78, 5) is 15.1. The summed E-state index contributed by atoms with van der Waals surface area (Å²) >= 11 is 0. The lowest BCUT2D eigenvalue weighted by Crippen LogP contribution is -2.35. The monoisotopic (exact) mass is 436 g/mol. The van der Waals surface area contributed by atoms with Crippen molar-refractivity contribution in [3.05, 3.63) is 83.9 Å². The first-order chi connectivity index (χ1) is 14.9. The van der Waals surface area contributed by atoms with Gasteiger partial charge >= 0.3 is 0 Å². The van der Waals surface area contributed by atoms with E-state index in [2.05, 4.69) is 0 Å². The summed E-state index contributed by atoms with van der Waals surface area (Å²) in [5, 5.41) is 0. The first kappa shape index (κ1) is 20.9. The van der Waals surface area contributed by atoms with Crippen LogP contribution in [-0.2, 0) is 16.4 Å². The lowest BCUT2D eigenvalue weighted by molar-refractivity contribution is 0.0985. The Morgan fingerprint density at radius 3 is 2.48 bits per heavy atom. The average molecular weight is 437 g/mol. The Bertz CT molecular complexity index is 1210. The van der Waals surface area contributed by atoms with Gasteiger partial charge in [0.15, 0.2) is 0 Å². The molecule has 7 heteroatoms. The van der Waals surface area contributed by atoms with Crippen molar-refractivity contribution in [1.29, 1.82) is 0 Å².